The largest absolute Gasteiger partial charge is 0.487 e. The van der Waals surface area contributed by atoms with Crippen molar-refractivity contribution < 1.29 is 23.4 Å². The van der Waals surface area contributed by atoms with Crippen molar-refractivity contribution in [2.75, 3.05) is 0 Å². The Balaban J connectivity index is 1.23. The summed E-state index contributed by atoms with van der Waals surface area (Å²) >= 11 is 0. The van der Waals surface area contributed by atoms with E-state index in [1.54, 1.807) is 36.5 Å². The number of ketones is 1. The van der Waals surface area contributed by atoms with Crippen LogP contribution >= 0.6 is 0 Å². The molecule has 0 aliphatic rings. The lowest BCUT2D eigenvalue weighted by atomic mass is 9.93. The molecule has 0 fully saturated rings. The van der Waals surface area contributed by atoms with Crippen LogP contribution in [0.1, 0.15) is 27.2 Å². The molecule has 11 heteroatoms. The Morgan fingerprint density at radius 2 is 1.77 bits per heavy atom. The highest BCUT2D eigenvalue weighted by molar-refractivity contribution is 6.06. The van der Waals surface area contributed by atoms with Gasteiger partial charge in [0.25, 0.3) is 0 Å². The van der Waals surface area contributed by atoms with Gasteiger partial charge in [-0.3, -0.25) is 4.79 Å². The molecular weight excluding hydrogens is 518 g/mol. The smallest absolute Gasteiger partial charge is 0.185 e. The third-order valence-corrected chi connectivity index (χ3v) is 6.08. The summed E-state index contributed by atoms with van der Waals surface area (Å²) in [6, 6.07) is 19.2. The van der Waals surface area contributed by atoms with E-state index in [-0.39, 0.29) is 31.0 Å². The molecule has 0 spiro atoms. The summed E-state index contributed by atoms with van der Waals surface area (Å²) in [5, 5.41) is 23.5. The highest BCUT2D eigenvalue weighted by atomic mass is 19.1. The number of aromatic nitrogens is 6. The number of halogens is 2. The van der Waals surface area contributed by atoms with Crippen LogP contribution in [-0.4, -0.2) is 40.6 Å². The normalized spacial score (nSPS) is 12.9. The number of aliphatic hydroxyl groups is 1. The first kappa shape index (κ1) is 26.6. The molecule has 0 aliphatic carbocycles. The Labute approximate surface area is 228 Å². The Morgan fingerprint density at radius 3 is 2.50 bits per heavy atom. The van der Waals surface area contributed by atoms with E-state index in [4.69, 9.17) is 4.74 Å². The topological polar surface area (TPSA) is 108 Å². The van der Waals surface area contributed by atoms with E-state index in [9.17, 15) is 18.7 Å². The SMILES string of the molecule is O=C(C=Cc1ccccc1)c1ccc(OCc2cn(CC(O)(Cn3cncn3)c3ccc(F)cc3F)nn2)cc1. The van der Waals surface area contributed by atoms with Gasteiger partial charge in [-0.15, -0.1) is 5.10 Å². The summed E-state index contributed by atoms with van der Waals surface area (Å²) in [5.41, 5.74) is -0.0533. The van der Waals surface area contributed by atoms with Crippen molar-refractivity contribution in [2.45, 2.75) is 25.3 Å². The maximum Gasteiger partial charge on any atom is 0.185 e. The highest BCUT2D eigenvalue weighted by Crippen LogP contribution is 2.28. The Hall–Kier alpha value is -5.03. The van der Waals surface area contributed by atoms with Crippen molar-refractivity contribution in [1.82, 2.24) is 29.8 Å². The van der Waals surface area contributed by atoms with Crippen LogP contribution < -0.4 is 4.74 Å². The van der Waals surface area contributed by atoms with Crippen molar-refractivity contribution in [1.29, 1.82) is 0 Å². The molecule has 202 valence electrons. The van der Waals surface area contributed by atoms with E-state index in [0.29, 0.717) is 23.1 Å². The van der Waals surface area contributed by atoms with Crippen molar-refractivity contribution in [3.63, 3.8) is 0 Å². The molecule has 0 aliphatic heterocycles. The van der Waals surface area contributed by atoms with Gasteiger partial charge in [0.15, 0.2) is 5.78 Å². The maximum absolute atomic E-state index is 14.7. The number of allylic oxidation sites excluding steroid dienone is 1. The molecular formula is C29H24F2N6O3. The van der Waals surface area contributed by atoms with Crippen LogP contribution in [0.5, 0.6) is 5.75 Å². The zero-order valence-electron chi connectivity index (χ0n) is 21.1. The van der Waals surface area contributed by atoms with Crippen LogP contribution in [0.15, 0.2) is 97.7 Å². The summed E-state index contributed by atoms with van der Waals surface area (Å²) in [7, 11) is 0. The molecule has 0 saturated heterocycles. The molecule has 1 atom stereocenters. The van der Waals surface area contributed by atoms with Gasteiger partial charge in [-0.25, -0.2) is 23.1 Å². The first-order valence-electron chi connectivity index (χ1n) is 12.3. The second-order valence-corrected chi connectivity index (χ2v) is 9.08. The molecule has 9 nitrogen and oxygen atoms in total. The van der Waals surface area contributed by atoms with E-state index in [1.165, 1.54) is 34.2 Å². The van der Waals surface area contributed by atoms with Crippen LogP contribution in [0.25, 0.3) is 6.08 Å². The second-order valence-electron chi connectivity index (χ2n) is 9.08. The first-order valence-corrected chi connectivity index (χ1v) is 12.3. The van der Waals surface area contributed by atoms with Crippen molar-refractivity contribution in [2.24, 2.45) is 0 Å². The van der Waals surface area contributed by atoms with Gasteiger partial charge in [-0.1, -0.05) is 47.7 Å². The standard InChI is InChI=1S/C29H24F2N6O3/c30-23-9-12-26(27(31)14-23)29(39,18-37-20-32-19-33-37)17-36-15-24(34-35-36)16-40-25-10-7-22(8-11-25)28(38)13-6-21-4-2-1-3-5-21/h1-15,19-20,39H,16-18H2. The maximum atomic E-state index is 14.7. The van der Waals surface area contributed by atoms with Crippen molar-refractivity contribution in [3.8, 4) is 5.75 Å². The molecule has 2 aromatic heterocycles. The van der Waals surface area contributed by atoms with Gasteiger partial charge in [0.05, 0.1) is 19.3 Å². The predicted octanol–water partition coefficient (Wildman–Crippen LogP) is 4.21. The third kappa shape index (κ3) is 6.51. The second kappa shape index (κ2) is 11.8. The van der Waals surface area contributed by atoms with E-state index >= 15 is 0 Å². The molecule has 0 bridgehead atoms. The summed E-state index contributed by atoms with van der Waals surface area (Å²) in [6.45, 7) is -0.295. The lowest BCUT2D eigenvalue weighted by molar-refractivity contribution is -0.00892. The van der Waals surface area contributed by atoms with Gasteiger partial charge in [-0.2, -0.15) is 5.10 Å². The fourth-order valence-corrected chi connectivity index (χ4v) is 4.12. The van der Waals surface area contributed by atoms with Crippen LogP contribution in [0, 0.1) is 11.6 Å². The van der Waals surface area contributed by atoms with Crippen molar-refractivity contribution >= 4 is 11.9 Å². The van der Waals surface area contributed by atoms with E-state index < -0.39 is 17.2 Å². The van der Waals surface area contributed by atoms with Crippen LogP contribution in [-0.2, 0) is 25.3 Å². The number of benzene rings is 3. The number of carbonyl (C=O) groups is 1. The molecule has 2 heterocycles. The summed E-state index contributed by atoms with van der Waals surface area (Å²) < 4.78 is 36.6. The summed E-state index contributed by atoms with van der Waals surface area (Å²) in [5.74, 6) is -1.27. The number of hydrogen-bond donors (Lipinski definition) is 1. The zero-order chi connectivity index (χ0) is 28.0. The molecule has 5 aromatic rings. The molecule has 0 amide bonds. The van der Waals surface area contributed by atoms with E-state index in [0.717, 1.165) is 11.6 Å². The molecule has 40 heavy (non-hydrogen) atoms. The summed E-state index contributed by atoms with van der Waals surface area (Å²) in [4.78, 5) is 16.3. The zero-order valence-corrected chi connectivity index (χ0v) is 21.1. The Bertz CT molecular complexity index is 1600. The average molecular weight is 543 g/mol. The van der Waals surface area contributed by atoms with Gasteiger partial charge in [0.2, 0.25) is 0 Å². The summed E-state index contributed by atoms with van der Waals surface area (Å²) in [6.07, 6.45) is 7.50. The van der Waals surface area contributed by atoms with Gasteiger partial charge in [0.1, 0.15) is 47.9 Å². The minimum Gasteiger partial charge on any atom is -0.487 e. The Kier molecular flexibility index (Phi) is 7.83. The average Bonchev–Trinajstić information content (AvgIpc) is 3.63. The molecule has 3 aromatic carbocycles. The number of nitrogens with zero attached hydrogens (tertiary/aromatic N) is 6. The molecule has 1 N–H and O–H groups in total. The van der Waals surface area contributed by atoms with Gasteiger partial charge < -0.3 is 9.84 Å². The predicted molar refractivity (Wildman–Crippen MR) is 141 cm³/mol. The quantitative estimate of drug-likeness (QED) is 0.197. The van der Waals surface area contributed by atoms with Crippen LogP contribution in [0.4, 0.5) is 8.78 Å². The minimum absolute atomic E-state index is 0.0631. The number of carbonyl (C=O) groups excluding carboxylic acids is 1. The number of ether oxygens (including phenoxy) is 1. The fourth-order valence-electron chi connectivity index (χ4n) is 4.12. The van der Waals surface area contributed by atoms with Gasteiger partial charge >= 0.3 is 0 Å². The number of hydrogen-bond acceptors (Lipinski definition) is 7. The molecule has 5 rings (SSSR count). The van der Waals surface area contributed by atoms with Crippen molar-refractivity contribution in [3.05, 3.63) is 132 Å². The minimum atomic E-state index is -1.84. The van der Waals surface area contributed by atoms with E-state index in [2.05, 4.69) is 20.4 Å². The number of rotatable bonds is 11. The van der Waals surface area contributed by atoms with Crippen LogP contribution in [0.2, 0.25) is 0 Å². The molecule has 0 radical (unpaired) electrons. The molecule has 1 unspecified atom stereocenters. The molecule has 0 saturated carbocycles. The monoisotopic (exact) mass is 542 g/mol. The third-order valence-electron chi connectivity index (χ3n) is 6.08. The van der Waals surface area contributed by atoms with Gasteiger partial charge in [-0.05, 0) is 42.0 Å². The Morgan fingerprint density at radius 1 is 1.00 bits per heavy atom. The highest BCUT2D eigenvalue weighted by Gasteiger charge is 2.34. The van der Waals surface area contributed by atoms with Crippen LogP contribution in [0.3, 0.4) is 0 Å². The van der Waals surface area contributed by atoms with Gasteiger partial charge in [0, 0.05) is 17.2 Å². The lowest BCUT2D eigenvalue weighted by Gasteiger charge is -2.28. The van der Waals surface area contributed by atoms with E-state index in [1.807, 2.05) is 30.3 Å². The fraction of sp³-hybridized carbons (Fsp3) is 0.138. The lowest BCUT2D eigenvalue weighted by Crippen LogP contribution is -2.37. The first-order chi connectivity index (χ1) is 19.4.